The van der Waals surface area contributed by atoms with E-state index in [0.29, 0.717) is 18.3 Å². The van der Waals surface area contributed by atoms with Crippen LogP contribution in [-0.2, 0) is 13.2 Å². The third-order valence-corrected chi connectivity index (χ3v) is 7.44. The van der Waals surface area contributed by atoms with Crippen molar-refractivity contribution in [1.29, 1.82) is 0 Å². The molecule has 0 radical (unpaired) electrons. The lowest BCUT2D eigenvalue weighted by atomic mass is 9.89. The second kappa shape index (κ2) is 8.34. The zero-order valence-electron chi connectivity index (χ0n) is 20.7. The Balaban J connectivity index is 1.36. The van der Waals surface area contributed by atoms with Crippen LogP contribution in [0.5, 0.6) is 5.75 Å². The van der Waals surface area contributed by atoms with Crippen molar-refractivity contribution < 1.29 is 9.26 Å². The van der Waals surface area contributed by atoms with Crippen LogP contribution >= 0.6 is 0 Å². The van der Waals surface area contributed by atoms with E-state index in [1.54, 1.807) is 0 Å². The largest absolute Gasteiger partial charge is 0.488 e. The van der Waals surface area contributed by atoms with E-state index in [4.69, 9.17) is 14.2 Å². The number of ether oxygens (including phenoxy) is 1. The summed E-state index contributed by atoms with van der Waals surface area (Å²) >= 11 is 0. The number of aromatic nitrogens is 4. The molecule has 7 nitrogen and oxygen atoms in total. The number of fused-ring (bicyclic) bond motifs is 3. The van der Waals surface area contributed by atoms with Crippen molar-refractivity contribution in [2.45, 2.75) is 45.8 Å². The fourth-order valence-corrected chi connectivity index (χ4v) is 5.43. The van der Waals surface area contributed by atoms with E-state index < -0.39 is 5.76 Å². The molecule has 7 rings (SSSR count). The molecule has 0 amide bonds. The van der Waals surface area contributed by atoms with Gasteiger partial charge in [-0.05, 0) is 72.7 Å². The van der Waals surface area contributed by atoms with Gasteiger partial charge in [0.25, 0.3) is 0 Å². The van der Waals surface area contributed by atoms with Crippen LogP contribution in [0.4, 0.5) is 0 Å². The molecule has 3 aromatic carbocycles. The van der Waals surface area contributed by atoms with Crippen LogP contribution in [0.3, 0.4) is 0 Å². The highest BCUT2D eigenvalue weighted by Crippen LogP contribution is 2.42. The molecular weight excluding hydrogens is 464 g/mol. The molecule has 5 aromatic rings. The monoisotopic (exact) mass is 490 g/mol. The number of imidazole rings is 1. The number of hydrogen-bond acceptors (Lipinski definition) is 5. The first-order valence-electron chi connectivity index (χ1n) is 12.6. The van der Waals surface area contributed by atoms with E-state index in [0.717, 1.165) is 45.6 Å². The Morgan fingerprint density at radius 3 is 2.76 bits per heavy atom. The predicted molar refractivity (Wildman–Crippen MR) is 141 cm³/mol. The molecule has 1 aliphatic heterocycles. The van der Waals surface area contributed by atoms with Crippen LogP contribution in [0.1, 0.15) is 65.1 Å². The first-order chi connectivity index (χ1) is 18.1. The van der Waals surface area contributed by atoms with Gasteiger partial charge in [0.2, 0.25) is 0 Å². The van der Waals surface area contributed by atoms with E-state index >= 15 is 0 Å². The summed E-state index contributed by atoms with van der Waals surface area (Å²) < 4.78 is 13.5. The number of rotatable bonds is 4. The van der Waals surface area contributed by atoms with E-state index in [-0.39, 0.29) is 0 Å². The molecule has 2 aliphatic rings. The minimum absolute atomic E-state index is 0.418. The van der Waals surface area contributed by atoms with Crippen LogP contribution < -0.4 is 10.5 Å². The Morgan fingerprint density at radius 1 is 1.08 bits per heavy atom. The van der Waals surface area contributed by atoms with Gasteiger partial charge in [0.05, 0.1) is 11.0 Å². The number of hydrogen-bond donors (Lipinski definition) is 1. The maximum atomic E-state index is 11.7. The number of nitrogens with one attached hydrogen (secondary N) is 1. The lowest BCUT2D eigenvalue weighted by Crippen LogP contribution is -2.06. The first kappa shape index (κ1) is 21.9. The average molecular weight is 491 g/mol. The smallest absolute Gasteiger partial charge is 0.439 e. The summed E-state index contributed by atoms with van der Waals surface area (Å²) in [5.74, 6) is 2.38. The molecule has 0 spiro atoms. The summed E-state index contributed by atoms with van der Waals surface area (Å²) in [6.07, 6.45) is 2.41. The van der Waals surface area contributed by atoms with Crippen molar-refractivity contribution in [3.63, 3.8) is 0 Å². The molecule has 1 aliphatic carbocycles. The molecule has 0 unspecified atom stereocenters. The molecule has 37 heavy (non-hydrogen) atoms. The van der Waals surface area contributed by atoms with Crippen LogP contribution in [0.25, 0.3) is 22.2 Å². The van der Waals surface area contributed by atoms with Gasteiger partial charge in [-0.25, -0.2) is 9.78 Å². The van der Waals surface area contributed by atoms with E-state index in [9.17, 15) is 4.79 Å². The van der Waals surface area contributed by atoms with Gasteiger partial charge in [-0.1, -0.05) is 47.6 Å². The minimum Gasteiger partial charge on any atom is -0.488 e. The molecule has 2 aromatic heterocycles. The summed E-state index contributed by atoms with van der Waals surface area (Å²) in [7, 11) is 0. The highest BCUT2D eigenvalue weighted by atomic mass is 16.5. The third-order valence-electron chi connectivity index (χ3n) is 7.44. The van der Waals surface area contributed by atoms with E-state index in [1.807, 2.05) is 31.2 Å². The molecule has 184 valence electrons. The molecule has 1 saturated carbocycles. The number of allylic oxidation sites excluding steroid dienone is 1. The lowest BCUT2D eigenvalue weighted by Gasteiger charge is -2.15. The van der Waals surface area contributed by atoms with Gasteiger partial charge in [0, 0.05) is 23.6 Å². The van der Waals surface area contributed by atoms with Gasteiger partial charge in [0.15, 0.2) is 5.82 Å². The Bertz CT molecular complexity index is 1770. The van der Waals surface area contributed by atoms with Gasteiger partial charge in [0.1, 0.15) is 18.2 Å². The van der Waals surface area contributed by atoms with Crippen LogP contribution in [-0.4, -0.2) is 19.7 Å². The van der Waals surface area contributed by atoms with Crippen molar-refractivity contribution in [2.75, 3.05) is 0 Å². The third kappa shape index (κ3) is 3.69. The standard InChI is InChI=1S/C30H26N4O3/c1-17-6-5-8-24-27(17)31-29(20-11-12-20)34(24)15-19-10-13-22-21(14-19)16-36-25-9-4-3-7-23(25)26(22)18(2)28-32-30(35)37-33-28/h3-10,13-14,20H,11-12,15-16H2,1-2H3,(H,32,33,35). The fourth-order valence-electron chi connectivity index (χ4n) is 5.43. The van der Waals surface area contributed by atoms with Crippen LogP contribution in [0, 0.1) is 6.92 Å². The van der Waals surface area contributed by atoms with Crippen LogP contribution in [0.2, 0.25) is 0 Å². The van der Waals surface area contributed by atoms with Crippen molar-refractivity contribution in [2.24, 2.45) is 0 Å². The molecule has 1 N–H and O–H groups in total. The zero-order valence-corrected chi connectivity index (χ0v) is 20.7. The number of para-hydroxylation sites is 2. The molecule has 0 bridgehead atoms. The number of nitrogens with zero attached hydrogens (tertiary/aromatic N) is 3. The van der Waals surface area contributed by atoms with Crippen LogP contribution in [0.15, 0.2) is 70.0 Å². The summed E-state index contributed by atoms with van der Waals surface area (Å²) in [5, 5.41) is 3.95. The van der Waals surface area contributed by atoms with Gasteiger partial charge >= 0.3 is 5.76 Å². The second-order valence-corrected chi connectivity index (χ2v) is 9.99. The average Bonchev–Trinajstić information content (AvgIpc) is 3.59. The van der Waals surface area contributed by atoms with E-state index in [2.05, 4.69) is 58.0 Å². The normalized spacial score (nSPS) is 16.2. The van der Waals surface area contributed by atoms with Crippen molar-refractivity contribution >= 4 is 22.2 Å². The maximum absolute atomic E-state index is 11.7. The molecule has 0 saturated heterocycles. The lowest BCUT2D eigenvalue weighted by molar-refractivity contribution is 0.307. The maximum Gasteiger partial charge on any atom is 0.439 e. The van der Waals surface area contributed by atoms with Crippen molar-refractivity contribution in [3.05, 3.63) is 111 Å². The highest BCUT2D eigenvalue weighted by Gasteiger charge is 2.30. The van der Waals surface area contributed by atoms with Gasteiger partial charge < -0.3 is 9.30 Å². The fraction of sp³-hybridized carbons (Fsp3) is 0.233. The Morgan fingerprint density at radius 2 is 1.95 bits per heavy atom. The minimum atomic E-state index is -0.571. The van der Waals surface area contributed by atoms with Gasteiger partial charge in [-0.2, -0.15) is 0 Å². The van der Waals surface area contributed by atoms with E-state index in [1.165, 1.54) is 35.3 Å². The number of H-pyrrole nitrogens is 1. The van der Waals surface area contributed by atoms with Gasteiger partial charge in [-0.15, -0.1) is 0 Å². The Labute approximate surface area is 213 Å². The molecule has 0 atom stereocenters. The van der Waals surface area contributed by atoms with Crippen molar-refractivity contribution in [1.82, 2.24) is 19.7 Å². The Hall–Kier alpha value is -4.39. The molecular formula is C30H26N4O3. The first-order valence-corrected chi connectivity index (χ1v) is 12.6. The predicted octanol–water partition coefficient (Wildman–Crippen LogP) is 5.82. The second-order valence-electron chi connectivity index (χ2n) is 9.99. The number of benzene rings is 3. The number of aryl methyl sites for hydroxylation is 1. The number of aromatic amines is 1. The summed E-state index contributed by atoms with van der Waals surface area (Å²) in [6.45, 7) is 5.28. The van der Waals surface area contributed by atoms with Crippen molar-refractivity contribution in [3.8, 4) is 5.75 Å². The molecule has 7 heteroatoms. The summed E-state index contributed by atoms with van der Waals surface area (Å²) in [6, 6.07) is 21.0. The SMILES string of the molecule is CC(=C1c2ccc(Cn3c(C4CC4)nc4c(C)cccc43)cc2COc2ccccc21)c1noc(=O)[nH]1. The highest BCUT2D eigenvalue weighted by molar-refractivity contribution is 5.99. The summed E-state index contributed by atoms with van der Waals surface area (Å²) in [4.78, 5) is 19.4. The topological polar surface area (TPSA) is 85.9 Å². The Kier molecular flexibility index (Phi) is 4.92. The molecule has 3 heterocycles. The zero-order chi connectivity index (χ0) is 25.1. The van der Waals surface area contributed by atoms with Gasteiger partial charge in [-0.3, -0.25) is 9.51 Å². The quantitative estimate of drug-likeness (QED) is 0.343. The molecule has 1 fully saturated rings. The summed E-state index contributed by atoms with van der Waals surface area (Å²) in [5.41, 5.74) is 9.60.